The van der Waals surface area contributed by atoms with Crippen molar-refractivity contribution in [3.8, 4) is 5.69 Å². The smallest absolute Gasteiger partial charge is 0.268 e. The molecule has 1 aromatic carbocycles. The van der Waals surface area contributed by atoms with Gasteiger partial charge in [-0.1, -0.05) is 25.1 Å². The standard InChI is InChI=1S/C23H26N4O2/c1-4-17-21(15(3)28)14(2)25-22(17)23(29)24-13-19-18-11-8-12-20(18)27(26-19)16-9-6-5-7-10-16/h5-7,9-10,25H,4,8,11-13H2,1-3H3,(H,24,29). The molecule has 4 rings (SSSR count). The van der Waals surface area contributed by atoms with Crippen LogP contribution in [0.2, 0.25) is 0 Å². The Morgan fingerprint density at radius 2 is 1.97 bits per heavy atom. The van der Waals surface area contributed by atoms with Crippen molar-refractivity contribution in [1.29, 1.82) is 0 Å². The number of aromatic amines is 1. The first kappa shape index (κ1) is 19.2. The molecule has 0 aliphatic heterocycles. The molecule has 3 aromatic rings. The normalized spacial score (nSPS) is 12.8. The Labute approximate surface area is 170 Å². The van der Waals surface area contributed by atoms with E-state index in [4.69, 9.17) is 5.10 Å². The summed E-state index contributed by atoms with van der Waals surface area (Å²) in [6.07, 6.45) is 3.73. The zero-order valence-corrected chi connectivity index (χ0v) is 17.1. The van der Waals surface area contributed by atoms with Gasteiger partial charge in [-0.3, -0.25) is 9.59 Å². The molecule has 1 aliphatic carbocycles. The summed E-state index contributed by atoms with van der Waals surface area (Å²) in [5, 5.41) is 7.81. The average Bonchev–Trinajstić information content (AvgIpc) is 3.40. The van der Waals surface area contributed by atoms with Gasteiger partial charge in [-0.25, -0.2) is 4.68 Å². The molecular formula is C23H26N4O2. The van der Waals surface area contributed by atoms with E-state index in [1.807, 2.05) is 48.9 Å². The number of nitrogens with zero attached hydrogens (tertiary/aromatic N) is 2. The van der Waals surface area contributed by atoms with Crippen molar-refractivity contribution in [1.82, 2.24) is 20.1 Å². The van der Waals surface area contributed by atoms with Gasteiger partial charge in [-0.15, -0.1) is 0 Å². The van der Waals surface area contributed by atoms with E-state index in [0.29, 0.717) is 24.2 Å². The maximum atomic E-state index is 12.9. The second kappa shape index (κ2) is 7.70. The molecule has 6 nitrogen and oxygen atoms in total. The number of ketones is 1. The monoisotopic (exact) mass is 390 g/mol. The van der Waals surface area contributed by atoms with E-state index in [0.717, 1.165) is 41.9 Å². The van der Waals surface area contributed by atoms with E-state index in [9.17, 15) is 9.59 Å². The van der Waals surface area contributed by atoms with E-state index >= 15 is 0 Å². The lowest BCUT2D eigenvalue weighted by atomic mass is 10.0. The highest BCUT2D eigenvalue weighted by Gasteiger charge is 2.25. The number of carbonyl (C=O) groups excluding carboxylic acids is 2. The minimum Gasteiger partial charge on any atom is -0.354 e. The molecule has 2 heterocycles. The van der Waals surface area contributed by atoms with Crippen LogP contribution in [0.25, 0.3) is 5.69 Å². The first-order valence-electron chi connectivity index (χ1n) is 10.2. The van der Waals surface area contributed by atoms with Crippen LogP contribution in [0.1, 0.15) is 69.3 Å². The SMILES string of the molecule is CCc1c(C(=O)NCc2nn(-c3ccccc3)c3c2CCC3)[nH]c(C)c1C(C)=O. The summed E-state index contributed by atoms with van der Waals surface area (Å²) in [5.74, 6) is -0.215. The Balaban J connectivity index is 1.59. The van der Waals surface area contributed by atoms with Gasteiger partial charge in [0.05, 0.1) is 17.9 Å². The van der Waals surface area contributed by atoms with E-state index < -0.39 is 0 Å². The van der Waals surface area contributed by atoms with Gasteiger partial charge in [0.2, 0.25) is 0 Å². The lowest BCUT2D eigenvalue weighted by Crippen LogP contribution is -2.25. The highest BCUT2D eigenvalue weighted by Crippen LogP contribution is 2.28. The number of hydrogen-bond donors (Lipinski definition) is 2. The molecule has 0 saturated heterocycles. The number of nitrogens with one attached hydrogen (secondary N) is 2. The molecule has 0 radical (unpaired) electrons. The lowest BCUT2D eigenvalue weighted by molar-refractivity contribution is 0.0944. The van der Waals surface area contributed by atoms with Crippen molar-refractivity contribution in [2.24, 2.45) is 0 Å². The maximum Gasteiger partial charge on any atom is 0.268 e. The van der Waals surface area contributed by atoms with Gasteiger partial charge in [0, 0.05) is 17.0 Å². The van der Waals surface area contributed by atoms with Crippen LogP contribution in [0.4, 0.5) is 0 Å². The number of H-pyrrole nitrogens is 1. The van der Waals surface area contributed by atoms with Crippen LogP contribution in [0.3, 0.4) is 0 Å². The Hall–Kier alpha value is -3.15. The highest BCUT2D eigenvalue weighted by molar-refractivity contribution is 6.02. The number of para-hydroxylation sites is 1. The first-order chi connectivity index (χ1) is 14.0. The van der Waals surface area contributed by atoms with Crippen molar-refractivity contribution in [3.63, 3.8) is 0 Å². The van der Waals surface area contributed by atoms with Crippen molar-refractivity contribution >= 4 is 11.7 Å². The molecule has 0 atom stereocenters. The molecule has 0 saturated carbocycles. The van der Waals surface area contributed by atoms with Crippen molar-refractivity contribution in [2.75, 3.05) is 0 Å². The van der Waals surface area contributed by atoms with Crippen molar-refractivity contribution in [2.45, 2.75) is 53.0 Å². The van der Waals surface area contributed by atoms with Crippen LogP contribution >= 0.6 is 0 Å². The predicted molar refractivity (Wildman–Crippen MR) is 112 cm³/mol. The van der Waals surface area contributed by atoms with Gasteiger partial charge >= 0.3 is 0 Å². The van der Waals surface area contributed by atoms with E-state index in [-0.39, 0.29) is 11.7 Å². The number of hydrogen-bond acceptors (Lipinski definition) is 3. The third-order valence-electron chi connectivity index (χ3n) is 5.65. The quantitative estimate of drug-likeness (QED) is 0.630. The fourth-order valence-corrected chi connectivity index (χ4v) is 4.39. The van der Waals surface area contributed by atoms with Crippen LogP contribution in [0, 0.1) is 6.92 Å². The molecule has 29 heavy (non-hydrogen) atoms. The van der Waals surface area contributed by atoms with Crippen LogP contribution in [-0.2, 0) is 25.8 Å². The van der Waals surface area contributed by atoms with E-state index in [1.54, 1.807) is 0 Å². The van der Waals surface area contributed by atoms with Gasteiger partial charge in [-0.05, 0) is 62.8 Å². The van der Waals surface area contributed by atoms with Gasteiger partial charge in [-0.2, -0.15) is 5.10 Å². The van der Waals surface area contributed by atoms with Crippen LogP contribution in [0.5, 0.6) is 0 Å². The van der Waals surface area contributed by atoms with Crippen molar-refractivity contribution < 1.29 is 9.59 Å². The molecule has 0 fully saturated rings. The summed E-state index contributed by atoms with van der Waals surface area (Å²) in [6.45, 7) is 5.70. The summed E-state index contributed by atoms with van der Waals surface area (Å²) in [5.41, 5.74) is 7.09. The zero-order valence-electron chi connectivity index (χ0n) is 17.1. The number of amides is 1. The topological polar surface area (TPSA) is 79.8 Å². The molecule has 0 spiro atoms. The Kier molecular flexibility index (Phi) is 5.09. The summed E-state index contributed by atoms with van der Waals surface area (Å²) in [7, 11) is 0. The number of carbonyl (C=O) groups is 2. The second-order valence-corrected chi connectivity index (χ2v) is 7.54. The van der Waals surface area contributed by atoms with Crippen LogP contribution in [-0.4, -0.2) is 26.5 Å². The Morgan fingerprint density at radius 1 is 1.21 bits per heavy atom. The molecule has 0 unspecified atom stereocenters. The zero-order chi connectivity index (χ0) is 20.5. The third-order valence-corrected chi connectivity index (χ3v) is 5.65. The van der Waals surface area contributed by atoms with Crippen LogP contribution < -0.4 is 5.32 Å². The van der Waals surface area contributed by atoms with Gasteiger partial charge in [0.25, 0.3) is 5.91 Å². The third kappa shape index (κ3) is 3.39. The Morgan fingerprint density at radius 3 is 2.66 bits per heavy atom. The van der Waals surface area contributed by atoms with Crippen LogP contribution in [0.15, 0.2) is 30.3 Å². The number of Topliss-reactive ketones (excluding diaryl/α,β-unsaturated/α-hetero) is 1. The fraction of sp³-hybridized carbons (Fsp3) is 0.348. The molecule has 1 amide bonds. The molecule has 150 valence electrons. The van der Waals surface area contributed by atoms with Gasteiger partial charge in [0.15, 0.2) is 5.78 Å². The minimum atomic E-state index is -0.196. The number of benzene rings is 1. The summed E-state index contributed by atoms with van der Waals surface area (Å²) >= 11 is 0. The van der Waals surface area contributed by atoms with E-state index in [2.05, 4.69) is 10.3 Å². The number of aryl methyl sites for hydroxylation is 1. The summed E-state index contributed by atoms with van der Waals surface area (Å²) in [6, 6.07) is 10.1. The lowest BCUT2D eigenvalue weighted by Gasteiger charge is -2.06. The summed E-state index contributed by atoms with van der Waals surface area (Å²) in [4.78, 5) is 27.9. The number of aromatic nitrogens is 3. The molecule has 6 heteroatoms. The van der Waals surface area contributed by atoms with Crippen molar-refractivity contribution in [3.05, 3.63) is 69.8 Å². The predicted octanol–water partition coefficient (Wildman–Crippen LogP) is 3.69. The highest BCUT2D eigenvalue weighted by atomic mass is 16.2. The van der Waals surface area contributed by atoms with E-state index in [1.165, 1.54) is 18.2 Å². The Bertz CT molecular complexity index is 1080. The number of rotatable bonds is 6. The average molecular weight is 390 g/mol. The minimum absolute atomic E-state index is 0.0194. The molecular weight excluding hydrogens is 364 g/mol. The molecule has 0 bridgehead atoms. The van der Waals surface area contributed by atoms with Gasteiger partial charge < -0.3 is 10.3 Å². The molecule has 2 aromatic heterocycles. The maximum absolute atomic E-state index is 12.9. The first-order valence-corrected chi connectivity index (χ1v) is 10.2. The largest absolute Gasteiger partial charge is 0.354 e. The fourth-order valence-electron chi connectivity index (χ4n) is 4.39. The summed E-state index contributed by atoms with van der Waals surface area (Å²) < 4.78 is 2.01. The molecule has 1 aliphatic rings. The molecule has 2 N–H and O–H groups in total. The number of fused-ring (bicyclic) bond motifs is 1. The van der Waals surface area contributed by atoms with Gasteiger partial charge in [0.1, 0.15) is 5.69 Å². The second-order valence-electron chi connectivity index (χ2n) is 7.54.